The van der Waals surface area contributed by atoms with Crippen molar-refractivity contribution in [3.63, 3.8) is 0 Å². The van der Waals surface area contributed by atoms with Crippen LogP contribution in [-0.2, 0) is 6.54 Å². The number of halogens is 1. The van der Waals surface area contributed by atoms with E-state index in [-0.39, 0.29) is 5.82 Å². The van der Waals surface area contributed by atoms with Crippen LogP contribution >= 0.6 is 9.24 Å². The van der Waals surface area contributed by atoms with Crippen LogP contribution in [0.2, 0.25) is 0 Å². The first-order valence-corrected chi connectivity index (χ1v) is 4.00. The molecule has 1 aromatic carbocycles. The van der Waals surface area contributed by atoms with Crippen LogP contribution in [0, 0.1) is 5.82 Å². The quantitative estimate of drug-likeness (QED) is 0.656. The lowest BCUT2D eigenvalue weighted by atomic mass is 10.2. The largest absolute Gasteiger partial charge is 0.316 e. The minimum atomic E-state index is -0.148. The number of nitrogens with one attached hydrogen (secondary N) is 1. The molecule has 11 heavy (non-hydrogen) atoms. The summed E-state index contributed by atoms with van der Waals surface area (Å²) in [5, 5.41) is 3.91. The number of benzene rings is 1. The van der Waals surface area contributed by atoms with Crippen LogP contribution in [0.25, 0.3) is 0 Å². The van der Waals surface area contributed by atoms with Crippen molar-refractivity contribution in [2.45, 2.75) is 6.54 Å². The van der Waals surface area contributed by atoms with Gasteiger partial charge in [0.25, 0.3) is 0 Å². The molecule has 1 rings (SSSR count). The lowest BCUT2D eigenvalue weighted by Crippen LogP contribution is -2.08. The highest BCUT2D eigenvalue weighted by atomic mass is 31.0. The summed E-state index contributed by atoms with van der Waals surface area (Å²) in [6.07, 6.45) is 0. The van der Waals surface area contributed by atoms with Gasteiger partial charge in [0.05, 0.1) is 0 Å². The van der Waals surface area contributed by atoms with Gasteiger partial charge >= 0.3 is 0 Å². The average molecular weight is 171 g/mol. The summed E-state index contributed by atoms with van der Waals surface area (Å²) in [5.41, 5.74) is 0.708. The highest BCUT2D eigenvalue weighted by molar-refractivity contribution is 7.27. The molecule has 0 saturated heterocycles. The van der Waals surface area contributed by atoms with Gasteiger partial charge in [-0.05, 0) is 24.5 Å². The van der Waals surface area contributed by atoms with Crippen molar-refractivity contribution in [2.75, 3.05) is 7.05 Å². The molecule has 1 atom stereocenters. The predicted octanol–water partition coefficient (Wildman–Crippen LogP) is 1.05. The third-order valence-electron chi connectivity index (χ3n) is 1.44. The van der Waals surface area contributed by atoms with E-state index in [4.69, 9.17) is 0 Å². The van der Waals surface area contributed by atoms with Gasteiger partial charge in [-0.3, -0.25) is 0 Å². The van der Waals surface area contributed by atoms with Crippen molar-refractivity contribution >= 4 is 14.5 Å². The Morgan fingerprint density at radius 3 is 2.91 bits per heavy atom. The second kappa shape index (κ2) is 3.80. The highest BCUT2D eigenvalue weighted by Crippen LogP contribution is 2.05. The van der Waals surface area contributed by atoms with Crippen LogP contribution in [0.3, 0.4) is 0 Å². The normalized spacial score (nSPS) is 10.1. The second-order valence-corrected chi connectivity index (χ2v) is 3.05. The smallest absolute Gasteiger partial charge is 0.127 e. The monoisotopic (exact) mass is 171 g/mol. The molecule has 3 heteroatoms. The first-order chi connectivity index (χ1) is 5.24. The Balaban J connectivity index is 2.93. The number of hydrogen-bond acceptors (Lipinski definition) is 1. The molecule has 0 bridgehead atoms. The van der Waals surface area contributed by atoms with Crippen LogP contribution in [-0.4, -0.2) is 7.05 Å². The molecule has 0 amide bonds. The molecule has 0 radical (unpaired) electrons. The Hall–Kier alpha value is -0.460. The Labute approximate surface area is 68.2 Å². The second-order valence-electron chi connectivity index (χ2n) is 2.38. The molecule has 0 aliphatic heterocycles. The Morgan fingerprint density at radius 1 is 1.55 bits per heavy atom. The molecule has 0 aliphatic carbocycles. The highest BCUT2D eigenvalue weighted by Gasteiger charge is 1.99. The third-order valence-corrected chi connectivity index (χ3v) is 1.80. The van der Waals surface area contributed by atoms with Gasteiger partial charge in [0.2, 0.25) is 0 Å². The van der Waals surface area contributed by atoms with Gasteiger partial charge in [-0.1, -0.05) is 6.07 Å². The number of rotatable bonds is 2. The Morgan fingerprint density at radius 2 is 2.27 bits per heavy atom. The minimum absolute atomic E-state index is 0.148. The molecular formula is C8H11FNP. The fourth-order valence-corrected chi connectivity index (χ4v) is 1.22. The van der Waals surface area contributed by atoms with E-state index in [9.17, 15) is 4.39 Å². The van der Waals surface area contributed by atoms with E-state index in [0.29, 0.717) is 12.1 Å². The number of hydrogen-bond donors (Lipinski definition) is 1. The predicted molar refractivity (Wildman–Crippen MR) is 48.5 cm³/mol. The SMILES string of the molecule is CNCc1cc(P)ccc1F. The van der Waals surface area contributed by atoms with Gasteiger partial charge in [0.15, 0.2) is 0 Å². The van der Waals surface area contributed by atoms with E-state index in [1.54, 1.807) is 13.1 Å². The standard InChI is InChI=1S/C8H11FNP/c1-10-5-6-4-7(11)2-3-8(6)9/h2-4,10H,5,11H2,1H3. The molecule has 0 spiro atoms. The van der Waals surface area contributed by atoms with E-state index >= 15 is 0 Å². The van der Waals surface area contributed by atoms with E-state index in [0.717, 1.165) is 5.30 Å². The first kappa shape index (κ1) is 8.63. The fraction of sp³-hybridized carbons (Fsp3) is 0.250. The molecular weight excluding hydrogens is 160 g/mol. The van der Waals surface area contributed by atoms with Gasteiger partial charge in [-0.25, -0.2) is 4.39 Å². The summed E-state index contributed by atoms with van der Waals surface area (Å²) in [4.78, 5) is 0. The average Bonchev–Trinajstić information content (AvgIpc) is 1.98. The molecule has 0 heterocycles. The van der Waals surface area contributed by atoms with E-state index < -0.39 is 0 Å². The maximum absolute atomic E-state index is 12.9. The zero-order valence-corrected chi connectivity index (χ0v) is 7.55. The van der Waals surface area contributed by atoms with Gasteiger partial charge in [0.1, 0.15) is 5.82 Å². The van der Waals surface area contributed by atoms with Crippen molar-refractivity contribution < 1.29 is 4.39 Å². The molecule has 1 unspecified atom stereocenters. The first-order valence-electron chi connectivity index (χ1n) is 3.42. The topological polar surface area (TPSA) is 12.0 Å². The van der Waals surface area contributed by atoms with Gasteiger partial charge in [-0.15, -0.1) is 9.24 Å². The zero-order chi connectivity index (χ0) is 8.27. The third kappa shape index (κ3) is 2.25. The van der Waals surface area contributed by atoms with Crippen LogP contribution in [0.5, 0.6) is 0 Å². The van der Waals surface area contributed by atoms with Crippen LogP contribution < -0.4 is 10.6 Å². The molecule has 0 fully saturated rings. The van der Waals surface area contributed by atoms with Crippen LogP contribution in [0.15, 0.2) is 18.2 Å². The summed E-state index contributed by atoms with van der Waals surface area (Å²) in [5.74, 6) is -0.148. The summed E-state index contributed by atoms with van der Waals surface area (Å²) in [6, 6.07) is 5.03. The minimum Gasteiger partial charge on any atom is -0.316 e. The summed E-state index contributed by atoms with van der Waals surface area (Å²) in [6.45, 7) is 0.577. The fourth-order valence-electron chi connectivity index (χ4n) is 0.921. The van der Waals surface area contributed by atoms with Crippen molar-refractivity contribution in [3.05, 3.63) is 29.6 Å². The lowest BCUT2D eigenvalue weighted by molar-refractivity contribution is 0.601. The van der Waals surface area contributed by atoms with E-state index in [2.05, 4.69) is 14.6 Å². The summed E-state index contributed by atoms with van der Waals surface area (Å²) in [7, 11) is 4.34. The Bertz CT molecular complexity index is 250. The maximum Gasteiger partial charge on any atom is 0.127 e. The van der Waals surface area contributed by atoms with E-state index in [1.165, 1.54) is 6.07 Å². The molecule has 1 aromatic rings. The van der Waals surface area contributed by atoms with Gasteiger partial charge < -0.3 is 5.32 Å². The van der Waals surface area contributed by atoms with Crippen molar-refractivity contribution in [1.29, 1.82) is 0 Å². The van der Waals surface area contributed by atoms with Gasteiger partial charge in [-0.2, -0.15) is 0 Å². The van der Waals surface area contributed by atoms with Gasteiger partial charge in [0, 0.05) is 12.1 Å². The summed E-state index contributed by atoms with van der Waals surface area (Å²) >= 11 is 0. The molecule has 0 aliphatic rings. The van der Waals surface area contributed by atoms with Crippen molar-refractivity contribution in [3.8, 4) is 0 Å². The molecule has 1 N–H and O–H groups in total. The molecule has 0 saturated carbocycles. The van der Waals surface area contributed by atoms with Crippen LogP contribution in [0.4, 0.5) is 4.39 Å². The van der Waals surface area contributed by atoms with Crippen LogP contribution in [0.1, 0.15) is 5.56 Å². The van der Waals surface area contributed by atoms with Crippen molar-refractivity contribution in [1.82, 2.24) is 5.32 Å². The summed E-state index contributed by atoms with van der Waals surface area (Å²) < 4.78 is 12.9. The van der Waals surface area contributed by atoms with E-state index in [1.807, 2.05) is 6.07 Å². The maximum atomic E-state index is 12.9. The molecule has 1 nitrogen and oxygen atoms in total. The molecule has 60 valence electrons. The zero-order valence-electron chi connectivity index (χ0n) is 6.39. The lowest BCUT2D eigenvalue weighted by Gasteiger charge is -2.02. The Kier molecular flexibility index (Phi) is 2.98. The van der Waals surface area contributed by atoms with Crippen molar-refractivity contribution in [2.24, 2.45) is 0 Å². The molecule has 0 aromatic heterocycles.